The van der Waals surface area contributed by atoms with Crippen LogP contribution in [-0.2, 0) is 4.74 Å². The molecule has 0 spiro atoms. The smallest absolute Gasteiger partial charge is 0.0468 e. The summed E-state index contributed by atoms with van der Waals surface area (Å²) < 4.78 is 5.22. The van der Waals surface area contributed by atoms with Gasteiger partial charge in [-0.05, 0) is 44.6 Å². The summed E-state index contributed by atoms with van der Waals surface area (Å²) >= 11 is 0. The highest BCUT2D eigenvalue weighted by Crippen LogP contribution is 2.49. The molecule has 1 saturated carbocycles. The Labute approximate surface area is 99.5 Å². The van der Waals surface area contributed by atoms with Crippen LogP contribution >= 0.6 is 0 Å². The van der Waals surface area contributed by atoms with E-state index in [1.54, 1.807) is 0 Å². The van der Waals surface area contributed by atoms with Gasteiger partial charge >= 0.3 is 0 Å². The number of hydrogen-bond acceptors (Lipinski definition) is 3. The molecule has 1 atom stereocenters. The average molecular weight is 226 g/mol. The van der Waals surface area contributed by atoms with Crippen LogP contribution < -0.4 is 5.32 Å². The summed E-state index contributed by atoms with van der Waals surface area (Å²) in [5, 5.41) is 3.56. The number of hydrogen-bond donors (Lipinski definition) is 1. The molecule has 0 bridgehead atoms. The second kappa shape index (κ2) is 5.48. The topological polar surface area (TPSA) is 24.5 Å². The number of ether oxygens (including phenoxy) is 1. The van der Waals surface area contributed by atoms with Crippen molar-refractivity contribution in [3.63, 3.8) is 0 Å². The monoisotopic (exact) mass is 226 g/mol. The van der Waals surface area contributed by atoms with E-state index in [4.69, 9.17) is 4.74 Å². The van der Waals surface area contributed by atoms with Crippen molar-refractivity contribution in [3.05, 3.63) is 0 Å². The molecule has 0 amide bonds. The number of nitrogens with one attached hydrogen (secondary N) is 1. The third-order valence-corrected chi connectivity index (χ3v) is 4.15. The second-order valence-corrected chi connectivity index (χ2v) is 5.66. The molecule has 1 saturated heterocycles. The number of rotatable bonds is 5. The van der Waals surface area contributed by atoms with E-state index in [0.717, 1.165) is 13.2 Å². The molecule has 1 aliphatic heterocycles. The lowest BCUT2D eigenvalue weighted by atomic mass is 10.0. The van der Waals surface area contributed by atoms with Crippen molar-refractivity contribution in [2.75, 3.05) is 39.9 Å². The summed E-state index contributed by atoms with van der Waals surface area (Å²) in [4.78, 5) is 2.65. The predicted octanol–water partition coefficient (Wildman–Crippen LogP) is 1.49. The van der Waals surface area contributed by atoms with Gasteiger partial charge in [0, 0.05) is 39.4 Å². The Bertz CT molecular complexity index is 216. The predicted molar refractivity (Wildman–Crippen MR) is 66.7 cm³/mol. The third-order valence-electron chi connectivity index (χ3n) is 4.15. The first-order valence-electron chi connectivity index (χ1n) is 6.69. The van der Waals surface area contributed by atoms with Crippen LogP contribution in [-0.4, -0.2) is 50.8 Å². The Balaban J connectivity index is 1.75. The van der Waals surface area contributed by atoms with Crippen LogP contribution in [0.1, 0.15) is 32.6 Å². The summed E-state index contributed by atoms with van der Waals surface area (Å²) in [6, 6.07) is 0.694. The van der Waals surface area contributed by atoms with E-state index in [2.05, 4.69) is 17.1 Å². The van der Waals surface area contributed by atoms with E-state index in [9.17, 15) is 0 Å². The fourth-order valence-electron chi connectivity index (χ4n) is 2.67. The molecular weight excluding hydrogens is 200 g/mol. The SMILES string of the molecule is COCCC1(CN2CCNC(C)CC2)CC1. The molecule has 0 radical (unpaired) electrons. The zero-order chi connectivity index (χ0) is 11.4. The van der Waals surface area contributed by atoms with Crippen molar-refractivity contribution in [2.24, 2.45) is 5.41 Å². The van der Waals surface area contributed by atoms with Crippen molar-refractivity contribution < 1.29 is 4.74 Å². The van der Waals surface area contributed by atoms with Gasteiger partial charge in [-0.1, -0.05) is 0 Å². The van der Waals surface area contributed by atoms with Gasteiger partial charge < -0.3 is 15.0 Å². The van der Waals surface area contributed by atoms with E-state index in [1.807, 2.05) is 7.11 Å². The summed E-state index contributed by atoms with van der Waals surface area (Å²) in [7, 11) is 1.81. The maximum absolute atomic E-state index is 5.22. The van der Waals surface area contributed by atoms with Crippen LogP contribution in [0, 0.1) is 5.41 Å². The third kappa shape index (κ3) is 3.44. The van der Waals surface area contributed by atoms with E-state index in [0.29, 0.717) is 11.5 Å². The first-order valence-corrected chi connectivity index (χ1v) is 6.69. The quantitative estimate of drug-likeness (QED) is 0.768. The highest BCUT2D eigenvalue weighted by Gasteiger charge is 2.43. The molecule has 1 aliphatic carbocycles. The summed E-state index contributed by atoms with van der Waals surface area (Å²) in [6.07, 6.45) is 5.37. The minimum absolute atomic E-state index is 0.615. The Morgan fingerprint density at radius 1 is 1.38 bits per heavy atom. The minimum Gasteiger partial charge on any atom is -0.385 e. The van der Waals surface area contributed by atoms with E-state index >= 15 is 0 Å². The van der Waals surface area contributed by atoms with Gasteiger partial charge in [0.25, 0.3) is 0 Å². The highest BCUT2D eigenvalue weighted by molar-refractivity contribution is 4.95. The van der Waals surface area contributed by atoms with Gasteiger partial charge in [0.1, 0.15) is 0 Å². The molecule has 1 N–H and O–H groups in total. The summed E-state index contributed by atoms with van der Waals surface area (Å²) in [6.45, 7) is 8.16. The highest BCUT2D eigenvalue weighted by atomic mass is 16.5. The van der Waals surface area contributed by atoms with Gasteiger partial charge in [-0.15, -0.1) is 0 Å². The second-order valence-electron chi connectivity index (χ2n) is 5.66. The normalized spacial score (nSPS) is 30.0. The lowest BCUT2D eigenvalue weighted by molar-refractivity contribution is 0.149. The van der Waals surface area contributed by atoms with Gasteiger partial charge in [0.05, 0.1) is 0 Å². The lowest BCUT2D eigenvalue weighted by Gasteiger charge is -2.25. The van der Waals surface area contributed by atoms with Crippen molar-refractivity contribution in [1.82, 2.24) is 10.2 Å². The molecule has 2 aliphatic rings. The molecule has 2 fully saturated rings. The fourth-order valence-corrected chi connectivity index (χ4v) is 2.67. The Kier molecular flexibility index (Phi) is 4.22. The minimum atomic E-state index is 0.615. The molecule has 1 heterocycles. The number of nitrogens with zero attached hydrogens (tertiary/aromatic N) is 1. The molecule has 94 valence electrons. The van der Waals surface area contributed by atoms with E-state index in [-0.39, 0.29) is 0 Å². The molecule has 16 heavy (non-hydrogen) atoms. The summed E-state index contributed by atoms with van der Waals surface area (Å²) in [5.74, 6) is 0. The number of methoxy groups -OCH3 is 1. The van der Waals surface area contributed by atoms with Gasteiger partial charge in [-0.3, -0.25) is 0 Å². The average Bonchev–Trinajstić information content (AvgIpc) is 3.05. The molecule has 0 aromatic rings. The molecule has 3 heteroatoms. The van der Waals surface area contributed by atoms with Crippen molar-refractivity contribution >= 4 is 0 Å². The molecule has 0 aromatic heterocycles. The zero-order valence-electron chi connectivity index (χ0n) is 10.8. The largest absolute Gasteiger partial charge is 0.385 e. The Morgan fingerprint density at radius 2 is 2.19 bits per heavy atom. The molecule has 2 rings (SSSR count). The molecule has 3 nitrogen and oxygen atoms in total. The molecule has 0 aromatic carbocycles. The van der Waals surface area contributed by atoms with E-state index in [1.165, 1.54) is 45.3 Å². The van der Waals surface area contributed by atoms with E-state index < -0.39 is 0 Å². The first-order chi connectivity index (χ1) is 7.74. The van der Waals surface area contributed by atoms with Crippen LogP contribution in [0.3, 0.4) is 0 Å². The van der Waals surface area contributed by atoms with Crippen molar-refractivity contribution in [2.45, 2.75) is 38.6 Å². The van der Waals surface area contributed by atoms with Crippen molar-refractivity contribution in [1.29, 1.82) is 0 Å². The first kappa shape index (κ1) is 12.3. The van der Waals surface area contributed by atoms with Crippen LogP contribution in [0.2, 0.25) is 0 Å². The molecular formula is C13H26N2O. The van der Waals surface area contributed by atoms with Gasteiger partial charge in [0.15, 0.2) is 0 Å². The lowest BCUT2D eigenvalue weighted by Crippen LogP contribution is -2.34. The summed E-state index contributed by atoms with van der Waals surface area (Å²) in [5.41, 5.74) is 0.615. The van der Waals surface area contributed by atoms with Gasteiger partial charge in [-0.25, -0.2) is 0 Å². The maximum Gasteiger partial charge on any atom is 0.0468 e. The maximum atomic E-state index is 5.22. The van der Waals surface area contributed by atoms with Crippen LogP contribution in [0.4, 0.5) is 0 Å². The Hall–Kier alpha value is -0.120. The van der Waals surface area contributed by atoms with Crippen LogP contribution in [0.25, 0.3) is 0 Å². The van der Waals surface area contributed by atoms with Crippen LogP contribution in [0.15, 0.2) is 0 Å². The Morgan fingerprint density at radius 3 is 2.88 bits per heavy atom. The van der Waals surface area contributed by atoms with Gasteiger partial charge in [-0.2, -0.15) is 0 Å². The van der Waals surface area contributed by atoms with Gasteiger partial charge in [0.2, 0.25) is 0 Å². The fraction of sp³-hybridized carbons (Fsp3) is 1.00. The van der Waals surface area contributed by atoms with Crippen molar-refractivity contribution in [3.8, 4) is 0 Å². The van der Waals surface area contributed by atoms with Crippen LogP contribution in [0.5, 0.6) is 0 Å². The molecule has 1 unspecified atom stereocenters. The zero-order valence-corrected chi connectivity index (χ0v) is 10.8. The standard InChI is InChI=1S/C13H26N2O/c1-12-3-8-15(9-7-14-12)11-13(4-5-13)6-10-16-2/h12,14H,3-11H2,1-2H3.